The molecule has 184 valence electrons. The summed E-state index contributed by atoms with van der Waals surface area (Å²) in [6.07, 6.45) is 1.49. The van der Waals surface area contributed by atoms with Crippen molar-refractivity contribution in [2.75, 3.05) is 30.0 Å². The third-order valence-electron chi connectivity index (χ3n) is 5.12. The Morgan fingerprint density at radius 3 is 1.97 bits per heavy atom. The third kappa shape index (κ3) is 7.61. The molecule has 0 aliphatic carbocycles. The van der Waals surface area contributed by atoms with E-state index in [4.69, 9.17) is 16.6 Å². The molecule has 1 aliphatic rings. The number of hydrogen-bond acceptors (Lipinski definition) is 5. The molecule has 0 saturated carbocycles. The fourth-order valence-electron chi connectivity index (χ4n) is 3.45. The number of para-hydroxylation sites is 2. The summed E-state index contributed by atoms with van der Waals surface area (Å²) >= 11 is 0. The first-order valence-electron chi connectivity index (χ1n) is 10.7. The average Bonchev–Trinajstić information content (AvgIpc) is 3.42. The van der Waals surface area contributed by atoms with Gasteiger partial charge in [0.25, 0.3) is 0 Å². The van der Waals surface area contributed by atoms with Crippen LogP contribution in [0.25, 0.3) is 11.3 Å². The minimum absolute atomic E-state index is 0. The minimum atomic E-state index is -0.694. The summed E-state index contributed by atoms with van der Waals surface area (Å²) in [5, 5.41) is 6.25. The Labute approximate surface area is 223 Å². The van der Waals surface area contributed by atoms with Gasteiger partial charge in [-0.15, -0.1) is 12.1 Å². The molecule has 8 heteroatoms. The van der Waals surface area contributed by atoms with Gasteiger partial charge in [-0.1, -0.05) is 48.0 Å². The number of halogens is 2. The van der Waals surface area contributed by atoms with Crippen molar-refractivity contribution >= 4 is 11.4 Å². The normalized spacial score (nSPS) is 11.8. The molecule has 0 N–H and O–H groups in total. The molecule has 5 rings (SSSR count). The summed E-state index contributed by atoms with van der Waals surface area (Å²) in [5.41, 5.74) is 2.99. The summed E-state index contributed by atoms with van der Waals surface area (Å²) in [4.78, 5) is 8.54. The van der Waals surface area contributed by atoms with E-state index in [0.717, 1.165) is 25.2 Å². The van der Waals surface area contributed by atoms with E-state index in [-0.39, 0.29) is 25.7 Å². The first kappa shape index (κ1) is 28.4. The van der Waals surface area contributed by atoms with Gasteiger partial charge in [0.05, 0.1) is 7.11 Å². The second-order valence-electron chi connectivity index (χ2n) is 7.30. The standard InChI is InChI=1S/C15H15N2.C12H8F2NO.CN.Ir/c1-3-7-14(8-4-1)16-11-12-17(13-16)15-9-5-2-6-10-15;1-16-9-4-5-15-12(7-9)10-3-2-8(13)6-11(10)14;1-2;/h1-10,13H,11-12H2;2,4-7H,1H3;;/q3*-1;+3. The van der Waals surface area contributed by atoms with Gasteiger partial charge in [0, 0.05) is 42.3 Å². The number of pyridine rings is 1. The first-order valence-corrected chi connectivity index (χ1v) is 10.7. The minimum Gasteiger partial charge on any atom is -0.512 e. The molecule has 36 heavy (non-hydrogen) atoms. The number of methoxy groups -OCH3 is 1. The summed E-state index contributed by atoms with van der Waals surface area (Å²) < 4.78 is 31.1. The van der Waals surface area contributed by atoms with E-state index in [9.17, 15) is 8.78 Å². The van der Waals surface area contributed by atoms with E-state index in [1.165, 1.54) is 24.7 Å². The zero-order chi connectivity index (χ0) is 25.0. The fourth-order valence-corrected chi connectivity index (χ4v) is 3.45. The number of hydrogen-bond donors (Lipinski definition) is 0. The van der Waals surface area contributed by atoms with E-state index in [2.05, 4.69) is 88.2 Å². The van der Waals surface area contributed by atoms with Gasteiger partial charge in [-0.05, 0) is 42.1 Å². The number of anilines is 2. The van der Waals surface area contributed by atoms with Crippen LogP contribution in [-0.2, 0) is 20.1 Å². The van der Waals surface area contributed by atoms with Gasteiger partial charge in [-0.2, -0.15) is 6.67 Å². The molecule has 5 nitrogen and oxygen atoms in total. The second kappa shape index (κ2) is 14.6. The maximum Gasteiger partial charge on any atom is 3.00 e. The summed E-state index contributed by atoms with van der Waals surface area (Å²) in [6.45, 7) is 9.02. The Balaban J connectivity index is 0.000000232. The van der Waals surface area contributed by atoms with Crippen molar-refractivity contribution in [1.82, 2.24) is 4.98 Å². The predicted octanol–water partition coefficient (Wildman–Crippen LogP) is 6.06. The van der Waals surface area contributed by atoms with Gasteiger partial charge in [0.1, 0.15) is 5.75 Å². The molecule has 4 aromatic rings. The summed E-state index contributed by atoms with van der Waals surface area (Å²) in [5.74, 6) is -0.799. The van der Waals surface area contributed by atoms with Crippen LogP contribution in [0.1, 0.15) is 0 Å². The van der Waals surface area contributed by atoms with Gasteiger partial charge < -0.3 is 31.4 Å². The summed E-state index contributed by atoms with van der Waals surface area (Å²) in [7, 11) is 1.50. The van der Waals surface area contributed by atoms with Crippen LogP contribution in [0.2, 0.25) is 0 Å². The Hall–Kier alpha value is -3.79. The SMILES string of the molecule is COc1ccnc(-c2[c-]cc(F)cc2F)c1.[C-]#N.[Ir+3].c1ccc(N2[CH-]N(c3ccccc3)CC2)cc1. The molecule has 0 amide bonds. The molecule has 0 unspecified atom stereocenters. The molecular formula is C28H23F2IrN4O. The molecule has 1 saturated heterocycles. The fraction of sp³-hybridized carbons (Fsp3) is 0.107. The molecule has 0 spiro atoms. The topological polar surface area (TPSA) is 52.4 Å². The van der Waals surface area contributed by atoms with Crippen LogP contribution in [0, 0.1) is 36.2 Å². The first-order chi connectivity index (χ1) is 17.1. The van der Waals surface area contributed by atoms with Crippen LogP contribution >= 0.6 is 0 Å². The zero-order valence-electron chi connectivity index (χ0n) is 19.4. The zero-order valence-corrected chi connectivity index (χ0v) is 21.8. The Morgan fingerprint density at radius 1 is 0.917 bits per heavy atom. The van der Waals surface area contributed by atoms with Gasteiger partial charge in [0.15, 0.2) is 0 Å². The monoisotopic (exact) mass is 662 g/mol. The van der Waals surface area contributed by atoms with Gasteiger partial charge >= 0.3 is 20.1 Å². The number of nitrogens with zero attached hydrogens (tertiary/aromatic N) is 4. The maximum atomic E-state index is 13.4. The number of aromatic nitrogens is 1. The predicted molar refractivity (Wildman–Crippen MR) is 132 cm³/mol. The van der Waals surface area contributed by atoms with Crippen molar-refractivity contribution in [2.45, 2.75) is 0 Å². The van der Waals surface area contributed by atoms with E-state index in [0.29, 0.717) is 11.4 Å². The van der Waals surface area contributed by atoms with Crippen molar-refractivity contribution < 1.29 is 33.6 Å². The number of rotatable bonds is 4. The van der Waals surface area contributed by atoms with Crippen LogP contribution < -0.4 is 14.5 Å². The van der Waals surface area contributed by atoms with Crippen molar-refractivity contribution in [2.24, 2.45) is 0 Å². The van der Waals surface area contributed by atoms with Crippen LogP contribution in [0.5, 0.6) is 5.75 Å². The van der Waals surface area contributed by atoms with E-state index in [1.54, 1.807) is 12.1 Å². The van der Waals surface area contributed by atoms with Gasteiger partial charge in [0.2, 0.25) is 0 Å². The van der Waals surface area contributed by atoms with Crippen molar-refractivity contribution in [1.29, 1.82) is 5.26 Å². The smallest absolute Gasteiger partial charge is 0.512 e. The van der Waals surface area contributed by atoms with Crippen LogP contribution in [0.4, 0.5) is 20.2 Å². The molecular weight excluding hydrogens is 639 g/mol. The van der Waals surface area contributed by atoms with Crippen LogP contribution in [0.15, 0.2) is 91.1 Å². The molecule has 0 atom stereocenters. The Morgan fingerprint density at radius 2 is 1.47 bits per heavy atom. The van der Waals surface area contributed by atoms with E-state index >= 15 is 0 Å². The van der Waals surface area contributed by atoms with Crippen LogP contribution in [0.3, 0.4) is 0 Å². The molecule has 1 fully saturated rings. The number of ether oxygens (including phenoxy) is 1. The Bertz CT molecular complexity index is 1180. The molecule has 0 bridgehead atoms. The third-order valence-corrected chi connectivity index (χ3v) is 5.12. The molecule has 1 aromatic heterocycles. The maximum absolute atomic E-state index is 13.4. The molecule has 0 radical (unpaired) electrons. The summed E-state index contributed by atoms with van der Waals surface area (Å²) in [6, 6.07) is 28.6. The van der Waals surface area contributed by atoms with Crippen LogP contribution in [-0.4, -0.2) is 25.2 Å². The average molecular weight is 662 g/mol. The van der Waals surface area contributed by atoms with Crippen molar-refractivity contribution in [3.8, 4) is 17.0 Å². The van der Waals surface area contributed by atoms with E-state index < -0.39 is 11.6 Å². The van der Waals surface area contributed by atoms with Crippen molar-refractivity contribution in [3.63, 3.8) is 0 Å². The molecule has 3 aromatic carbocycles. The largest absolute Gasteiger partial charge is 3.00 e. The number of benzene rings is 3. The molecule has 2 heterocycles. The van der Waals surface area contributed by atoms with Crippen molar-refractivity contribution in [3.05, 3.63) is 122 Å². The van der Waals surface area contributed by atoms with E-state index in [1.807, 2.05) is 0 Å². The second-order valence-corrected chi connectivity index (χ2v) is 7.30. The van der Waals surface area contributed by atoms with Gasteiger partial charge in [-0.25, -0.2) is 0 Å². The Kier molecular flexibility index (Phi) is 11.5. The quantitative estimate of drug-likeness (QED) is 0.249. The molecule has 1 aliphatic heterocycles. The van der Waals surface area contributed by atoms with Gasteiger partial charge in [-0.3, -0.25) is 8.78 Å².